The second-order valence-corrected chi connectivity index (χ2v) is 7.71. The molecule has 0 radical (unpaired) electrons. The van der Waals surface area contributed by atoms with Gasteiger partial charge in [0, 0.05) is 21.1 Å². The molecule has 1 aromatic carbocycles. The Morgan fingerprint density at radius 1 is 1.36 bits per heavy atom. The fourth-order valence-corrected chi connectivity index (χ4v) is 3.80. The molecule has 8 heteroatoms. The Labute approximate surface area is 148 Å². The molecule has 0 N–H and O–H groups in total. The van der Waals surface area contributed by atoms with E-state index in [1.807, 2.05) is 20.8 Å². The van der Waals surface area contributed by atoms with E-state index >= 15 is 0 Å². The Morgan fingerprint density at radius 2 is 2.12 bits per heavy atom. The maximum Gasteiger partial charge on any atom is 0.348 e. The molecule has 0 amide bonds. The summed E-state index contributed by atoms with van der Waals surface area (Å²) in [5.74, 6) is -0.161. The zero-order chi connectivity index (χ0) is 18.2. The molecule has 6 nitrogen and oxygen atoms in total. The van der Waals surface area contributed by atoms with Crippen LogP contribution in [0.2, 0.25) is 0 Å². The average Bonchev–Trinajstić information content (AvgIpc) is 3.13. The molecular weight excluding hydrogens is 343 g/mol. The molecule has 0 bridgehead atoms. The summed E-state index contributed by atoms with van der Waals surface area (Å²) >= 11 is 1.22. The van der Waals surface area contributed by atoms with Gasteiger partial charge >= 0.3 is 5.97 Å². The number of benzene rings is 1. The highest BCUT2D eigenvalue weighted by Crippen LogP contribution is 2.35. The highest BCUT2D eigenvalue weighted by molar-refractivity contribution is 7.21. The topological polar surface area (TPSA) is 69.9 Å². The third-order valence-electron chi connectivity index (χ3n) is 3.73. The molecule has 0 aliphatic rings. The summed E-state index contributed by atoms with van der Waals surface area (Å²) in [5, 5.41) is 12.3. The first-order chi connectivity index (χ1) is 11.8. The largest absolute Gasteiger partial charge is 0.462 e. The first-order valence-corrected chi connectivity index (χ1v) is 8.78. The minimum Gasteiger partial charge on any atom is -0.462 e. The van der Waals surface area contributed by atoms with Gasteiger partial charge in [0.25, 0.3) is 0 Å². The molecule has 132 valence electrons. The van der Waals surface area contributed by atoms with Gasteiger partial charge in [-0.3, -0.25) is 0 Å². The fraction of sp³-hybridized carbons (Fsp3) is 0.412. The van der Waals surface area contributed by atoms with E-state index in [1.54, 1.807) is 23.7 Å². The molecule has 2 heterocycles. The van der Waals surface area contributed by atoms with Crippen LogP contribution >= 0.6 is 11.3 Å². The van der Waals surface area contributed by atoms with Crippen LogP contribution in [0.3, 0.4) is 0 Å². The SMILES string of the molecule is CCOC(=O)c1sc2cccc(F)c2c1Cn1nnnc1C(C)(C)C. The number of fused-ring (bicyclic) bond motifs is 1. The summed E-state index contributed by atoms with van der Waals surface area (Å²) in [6.07, 6.45) is 0. The van der Waals surface area contributed by atoms with Crippen molar-refractivity contribution in [2.75, 3.05) is 6.61 Å². The van der Waals surface area contributed by atoms with Crippen molar-refractivity contribution in [3.05, 3.63) is 40.3 Å². The number of rotatable bonds is 4. The van der Waals surface area contributed by atoms with Gasteiger partial charge in [0.2, 0.25) is 0 Å². The van der Waals surface area contributed by atoms with Gasteiger partial charge in [-0.25, -0.2) is 13.9 Å². The van der Waals surface area contributed by atoms with Crippen LogP contribution < -0.4 is 0 Å². The van der Waals surface area contributed by atoms with Gasteiger partial charge in [-0.2, -0.15) is 0 Å². The summed E-state index contributed by atoms with van der Waals surface area (Å²) in [6.45, 7) is 8.18. The zero-order valence-electron chi connectivity index (χ0n) is 14.5. The van der Waals surface area contributed by atoms with Crippen LogP contribution in [0.1, 0.15) is 48.8 Å². The first kappa shape index (κ1) is 17.5. The van der Waals surface area contributed by atoms with Crippen LogP contribution in [0, 0.1) is 5.82 Å². The number of carbonyl (C=O) groups excluding carboxylic acids is 1. The zero-order valence-corrected chi connectivity index (χ0v) is 15.4. The normalized spacial score (nSPS) is 11.9. The van der Waals surface area contributed by atoms with Gasteiger partial charge in [0.1, 0.15) is 10.7 Å². The van der Waals surface area contributed by atoms with Crippen LogP contribution in [0.4, 0.5) is 4.39 Å². The molecule has 0 fully saturated rings. The molecule has 0 unspecified atom stereocenters. The maximum atomic E-state index is 14.5. The third kappa shape index (κ3) is 3.26. The van der Waals surface area contributed by atoms with Crippen LogP contribution in [0.15, 0.2) is 18.2 Å². The highest BCUT2D eigenvalue weighted by atomic mass is 32.1. The molecule has 25 heavy (non-hydrogen) atoms. The molecule has 0 spiro atoms. The number of hydrogen-bond acceptors (Lipinski definition) is 6. The molecule has 0 atom stereocenters. The summed E-state index contributed by atoms with van der Waals surface area (Å²) in [5.41, 5.74) is 0.271. The standard InChI is InChI=1S/C17H19FN4O2S/c1-5-24-15(23)14-10(13-11(18)7-6-8-12(13)25-14)9-22-16(17(2,3)4)19-20-21-22/h6-8H,5,9H2,1-4H3. The molecular formula is C17H19FN4O2S. The van der Waals surface area contributed by atoms with E-state index in [0.29, 0.717) is 26.4 Å². The van der Waals surface area contributed by atoms with E-state index < -0.39 is 5.97 Å². The maximum absolute atomic E-state index is 14.5. The number of tetrazole rings is 1. The fourth-order valence-electron chi connectivity index (χ4n) is 2.68. The van der Waals surface area contributed by atoms with E-state index in [2.05, 4.69) is 15.5 Å². The van der Waals surface area contributed by atoms with Gasteiger partial charge in [-0.1, -0.05) is 26.8 Å². The van der Waals surface area contributed by atoms with Crippen molar-refractivity contribution in [3.8, 4) is 0 Å². The number of thiophene rings is 1. The Morgan fingerprint density at radius 3 is 2.80 bits per heavy atom. The number of esters is 1. The van der Waals surface area contributed by atoms with E-state index in [4.69, 9.17) is 4.74 Å². The van der Waals surface area contributed by atoms with E-state index in [-0.39, 0.29) is 24.4 Å². The molecule has 2 aromatic heterocycles. The predicted molar refractivity (Wildman–Crippen MR) is 93.4 cm³/mol. The number of aromatic nitrogens is 4. The summed E-state index contributed by atoms with van der Waals surface area (Å²) < 4.78 is 21.9. The van der Waals surface area contributed by atoms with E-state index in [1.165, 1.54) is 17.4 Å². The lowest BCUT2D eigenvalue weighted by Gasteiger charge is -2.17. The Balaban J connectivity index is 2.16. The lowest BCUT2D eigenvalue weighted by Crippen LogP contribution is -2.21. The Kier molecular flexibility index (Phi) is 4.55. The lowest BCUT2D eigenvalue weighted by atomic mass is 9.95. The van der Waals surface area contributed by atoms with Gasteiger partial charge < -0.3 is 4.74 Å². The summed E-state index contributed by atoms with van der Waals surface area (Å²) in [7, 11) is 0. The van der Waals surface area contributed by atoms with Gasteiger partial charge in [0.15, 0.2) is 5.82 Å². The highest BCUT2D eigenvalue weighted by Gasteiger charge is 2.26. The number of halogens is 1. The monoisotopic (exact) mass is 362 g/mol. The number of ether oxygens (including phenoxy) is 1. The van der Waals surface area contributed by atoms with Gasteiger partial charge in [-0.05, 0) is 29.5 Å². The quantitative estimate of drug-likeness (QED) is 0.664. The molecule has 0 aliphatic heterocycles. The predicted octanol–water partition coefficient (Wildman–Crippen LogP) is 3.55. The summed E-state index contributed by atoms with van der Waals surface area (Å²) in [6, 6.07) is 4.81. The minimum atomic E-state index is -0.455. The smallest absolute Gasteiger partial charge is 0.348 e. The number of nitrogens with zero attached hydrogens (tertiary/aromatic N) is 4. The first-order valence-electron chi connectivity index (χ1n) is 7.96. The van der Waals surface area contributed by atoms with Crippen molar-refractivity contribution in [1.82, 2.24) is 20.2 Å². The van der Waals surface area contributed by atoms with Crippen LogP contribution in [-0.4, -0.2) is 32.8 Å². The van der Waals surface area contributed by atoms with E-state index in [0.717, 1.165) is 0 Å². The van der Waals surface area contributed by atoms with Crippen LogP contribution in [0.25, 0.3) is 10.1 Å². The van der Waals surface area contributed by atoms with Gasteiger partial charge in [-0.15, -0.1) is 16.4 Å². The summed E-state index contributed by atoms with van der Waals surface area (Å²) in [4.78, 5) is 12.7. The van der Waals surface area contributed by atoms with Crippen molar-refractivity contribution in [1.29, 1.82) is 0 Å². The van der Waals surface area contributed by atoms with Crippen LogP contribution in [0.5, 0.6) is 0 Å². The second kappa shape index (κ2) is 6.51. The van der Waals surface area contributed by atoms with Crippen LogP contribution in [-0.2, 0) is 16.7 Å². The van der Waals surface area contributed by atoms with Crippen molar-refractivity contribution in [2.45, 2.75) is 39.7 Å². The lowest BCUT2D eigenvalue weighted by molar-refractivity contribution is 0.0531. The molecule has 3 rings (SSSR count). The molecule has 0 saturated carbocycles. The minimum absolute atomic E-state index is 0.203. The third-order valence-corrected chi connectivity index (χ3v) is 4.91. The molecule has 0 aliphatic carbocycles. The van der Waals surface area contributed by atoms with Crippen molar-refractivity contribution in [3.63, 3.8) is 0 Å². The van der Waals surface area contributed by atoms with Crippen molar-refractivity contribution < 1.29 is 13.9 Å². The molecule has 3 aromatic rings. The van der Waals surface area contributed by atoms with E-state index in [9.17, 15) is 9.18 Å². The van der Waals surface area contributed by atoms with Crippen molar-refractivity contribution in [2.24, 2.45) is 0 Å². The van der Waals surface area contributed by atoms with Crippen molar-refractivity contribution >= 4 is 27.4 Å². The number of hydrogen-bond donors (Lipinski definition) is 0. The van der Waals surface area contributed by atoms with Gasteiger partial charge in [0.05, 0.1) is 13.2 Å². The second-order valence-electron chi connectivity index (χ2n) is 6.65. The Hall–Kier alpha value is -2.35. The average molecular weight is 362 g/mol. The number of carbonyl (C=O) groups is 1. The Bertz CT molecular complexity index is 927. The molecule has 0 saturated heterocycles.